The molecule has 78 valence electrons. The van der Waals surface area contributed by atoms with Crippen molar-refractivity contribution in [1.82, 2.24) is 0 Å². The minimum absolute atomic E-state index is 0.151. The van der Waals surface area contributed by atoms with Crippen LogP contribution in [0.25, 0.3) is 0 Å². The van der Waals surface area contributed by atoms with Crippen LogP contribution < -0.4 is 0 Å². The topological polar surface area (TPSA) is 12.4 Å². The summed E-state index contributed by atoms with van der Waals surface area (Å²) in [6.07, 6.45) is -0.464. The fraction of sp³-hybridized carbons (Fsp3) is 0.333. The average Bonchev–Trinajstić information content (AvgIpc) is 2.02. The first-order valence-corrected chi connectivity index (χ1v) is 5.86. The highest BCUT2D eigenvalue weighted by Crippen LogP contribution is 2.30. The van der Waals surface area contributed by atoms with Crippen LogP contribution in [0, 0.1) is 0 Å². The van der Waals surface area contributed by atoms with Crippen molar-refractivity contribution in [2.24, 2.45) is 4.36 Å². The Balaban J connectivity index is 2.95. The molecule has 14 heavy (non-hydrogen) atoms. The molecule has 0 aliphatic carbocycles. The second-order valence-corrected chi connectivity index (χ2v) is 4.64. The predicted octanol–water partition coefficient (Wildman–Crippen LogP) is 3.40. The smallest absolute Gasteiger partial charge is 0.229 e. The maximum absolute atomic E-state index is 12.2. The predicted molar refractivity (Wildman–Crippen MR) is 52.7 cm³/mol. The molecule has 0 radical (unpaired) electrons. The molecule has 1 aromatic rings. The summed E-state index contributed by atoms with van der Waals surface area (Å²) in [4.78, 5) is 0. The average molecular weight is 221 g/mol. The van der Waals surface area contributed by atoms with Crippen LogP contribution in [0.15, 0.2) is 28.6 Å². The lowest BCUT2D eigenvalue weighted by Gasteiger charge is -2.05. The van der Waals surface area contributed by atoms with E-state index in [0.717, 1.165) is 12.1 Å². The highest BCUT2D eigenvalue weighted by molar-refractivity contribution is 7.85. The van der Waals surface area contributed by atoms with Gasteiger partial charge >= 0.3 is 6.18 Å². The molecular weight excluding hydrogens is 211 g/mol. The third kappa shape index (κ3) is 3.14. The molecule has 1 aromatic carbocycles. The minimum Gasteiger partial charge on any atom is -0.229 e. The molecule has 0 bridgehead atoms. The van der Waals surface area contributed by atoms with E-state index in [1.807, 2.05) is 12.5 Å². The van der Waals surface area contributed by atoms with E-state index in [9.17, 15) is 13.2 Å². The SMILES string of the molecule is CS(C)=Nc1ccc(C(F)(F)F)cc1. The summed E-state index contributed by atoms with van der Waals surface area (Å²) in [6.45, 7) is 0. The van der Waals surface area contributed by atoms with Gasteiger partial charge in [-0.3, -0.25) is 0 Å². The van der Waals surface area contributed by atoms with Crippen molar-refractivity contribution in [3.8, 4) is 0 Å². The van der Waals surface area contributed by atoms with Crippen LogP contribution in [0.4, 0.5) is 18.9 Å². The lowest BCUT2D eigenvalue weighted by Crippen LogP contribution is -2.03. The van der Waals surface area contributed by atoms with Crippen LogP contribution in [0.5, 0.6) is 0 Å². The first-order chi connectivity index (χ1) is 6.39. The van der Waals surface area contributed by atoms with Gasteiger partial charge in [0.05, 0.1) is 11.3 Å². The van der Waals surface area contributed by atoms with Crippen LogP contribution >= 0.6 is 0 Å². The van der Waals surface area contributed by atoms with E-state index in [-0.39, 0.29) is 10.7 Å². The van der Waals surface area contributed by atoms with Crippen molar-refractivity contribution < 1.29 is 13.2 Å². The molecule has 0 fully saturated rings. The van der Waals surface area contributed by atoms with Crippen LogP contribution in [-0.4, -0.2) is 12.5 Å². The number of hydrogen-bond acceptors (Lipinski definition) is 1. The lowest BCUT2D eigenvalue weighted by molar-refractivity contribution is -0.137. The van der Waals surface area contributed by atoms with Gasteiger partial charge in [-0.15, -0.1) is 10.7 Å². The van der Waals surface area contributed by atoms with Crippen LogP contribution in [0.2, 0.25) is 0 Å². The highest BCUT2D eigenvalue weighted by Gasteiger charge is 2.29. The largest absolute Gasteiger partial charge is 0.416 e. The summed E-state index contributed by atoms with van der Waals surface area (Å²) in [5, 5.41) is 0. The Kier molecular flexibility index (Phi) is 3.31. The van der Waals surface area contributed by atoms with Gasteiger partial charge in [0.1, 0.15) is 0 Å². The standard InChI is InChI=1S/C9H10F3NS/c1-14(2)13-8-5-3-7(4-6-8)9(10,11)12/h3-6H,1-2H3. The number of alkyl halides is 3. The van der Waals surface area contributed by atoms with E-state index >= 15 is 0 Å². The Bertz CT molecular complexity index is 336. The molecule has 0 N–H and O–H groups in total. The molecule has 1 rings (SSSR count). The van der Waals surface area contributed by atoms with Crippen molar-refractivity contribution in [3.05, 3.63) is 29.8 Å². The van der Waals surface area contributed by atoms with E-state index in [4.69, 9.17) is 0 Å². The molecule has 1 nitrogen and oxygen atoms in total. The lowest BCUT2D eigenvalue weighted by atomic mass is 10.2. The van der Waals surface area contributed by atoms with Crippen LogP contribution in [0.3, 0.4) is 0 Å². The van der Waals surface area contributed by atoms with Gasteiger partial charge in [-0.25, -0.2) is 4.36 Å². The van der Waals surface area contributed by atoms with Crippen LogP contribution in [-0.2, 0) is 16.9 Å². The number of nitrogens with zero attached hydrogens (tertiary/aromatic N) is 1. The third-order valence-corrected chi connectivity index (χ3v) is 2.06. The number of halogens is 3. The Morgan fingerprint density at radius 1 is 1.07 bits per heavy atom. The maximum atomic E-state index is 12.2. The zero-order valence-corrected chi connectivity index (χ0v) is 8.62. The number of benzene rings is 1. The van der Waals surface area contributed by atoms with Gasteiger partial charge in [0.25, 0.3) is 0 Å². The zero-order valence-electron chi connectivity index (χ0n) is 7.80. The van der Waals surface area contributed by atoms with E-state index in [0.29, 0.717) is 5.69 Å². The first kappa shape index (κ1) is 11.2. The minimum atomic E-state index is -4.27. The van der Waals surface area contributed by atoms with Gasteiger partial charge in [-0.2, -0.15) is 13.2 Å². The van der Waals surface area contributed by atoms with Gasteiger partial charge < -0.3 is 0 Å². The third-order valence-electron chi connectivity index (χ3n) is 1.48. The maximum Gasteiger partial charge on any atom is 0.416 e. The quantitative estimate of drug-likeness (QED) is 0.689. The van der Waals surface area contributed by atoms with Crippen molar-refractivity contribution in [2.75, 3.05) is 12.5 Å². The second-order valence-electron chi connectivity index (χ2n) is 2.91. The molecule has 0 unspecified atom stereocenters. The summed E-state index contributed by atoms with van der Waals surface area (Å²) in [6, 6.07) is 4.86. The Morgan fingerprint density at radius 3 is 1.93 bits per heavy atom. The Hall–Kier alpha value is -0.840. The molecule has 0 aliphatic rings. The summed E-state index contributed by atoms with van der Waals surface area (Å²) >= 11 is 0. The fourth-order valence-corrected chi connectivity index (χ4v) is 1.47. The fourth-order valence-electron chi connectivity index (χ4n) is 0.922. The van der Waals surface area contributed by atoms with Gasteiger partial charge in [0.2, 0.25) is 0 Å². The molecule has 0 aliphatic heterocycles. The molecule has 0 spiro atoms. The van der Waals surface area contributed by atoms with Crippen molar-refractivity contribution in [3.63, 3.8) is 0 Å². The van der Waals surface area contributed by atoms with Crippen molar-refractivity contribution in [1.29, 1.82) is 0 Å². The molecule has 0 saturated heterocycles. The van der Waals surface area contributed by atoms with Gasteiger partial charge in [0.15, 0.2) is 0 Å². The van der Waals surface area contributed by atoms with Crippen LogP contribution in [0.1, 0.15) is 5.56 Å². The molecule has 0 aromatic heterocycles. The van der Waals surface area contributed by atoms with E-state index in [1.165, 1.54) is 12.1 Å². The monoisotopic (exact) mass is 221 g/mol. The van der Waals surface area contributed by atoms with Gasteiger partial charge in [-0.05, 0) is 36.8 Å². The Labute approximate surface area is 83.1 Å². The molecule has 0 atom stereocenters. The molecule has 0 saturated carbocycles. The summed E-state index contributed by atoms with van der Waals surface area (Å²) < 4.78 is 40.6. The van der Waals surface area contributed by atoms with Crippen molar-refractivity contribution in [2.45, 2.75) is 6.18 Å². The molecule has 0 amide bonds. The number of hydrogen-bond donors (Lipinski definition) is 0. The van der Waals surface area contributed by atoms with Gasteiger partial charge in [0, 0.05) is 0 Å². The van der Waals surface area contributed by atoms with E-state index in [2.05, 4.69) is 4.36 Å². The first-order valence-electron chi connectivity index (χ1n) is 3.86. The molecule has 0 heterocycles. The van der Waals surface area contributed by atoms with E-state index < -0.39 is 11.7 Å². The Morgan fingerprint density at radius 2 is 1.57 bits per heavy atom. The van der Waals surface area contributed by atoms with Gasteiger partial charge in [-0.1, -0.05) is 0 Å². The van der Waals surface area contributed by atoms with Crippen molar-refractivity contribution >= 4 is 16.4 Å². The normalized spacial score (nSPS) is 11.9. The second kappa shape index (κ2) is 4.13. The molecule has 5 heteroatoms. The highest BCUT2D eigenvalue weighted by atomic mass is 32.2. The summed E-state index contributed by atoms with van der Waals surface area (Å²) in [5.41, 5.74) is -0.0464. The van der Waals surface area contributed by atoms with E-state index in [1.54, 1.807) is 0 Å². The zero-order chi connectivity index (χ0) is 10.8. The summed E-state index contributed by atoms with van der Waals surface area (Å²) in [5.74, 6) is 0. The molecular formula is C9H10F3NS. The summed E-state index contributed by atoms with van der Waals surface area (Å²) in [7, 11) is -0.151. The number of rotatable bonds is 1.